The fraction of sp³-hybridized carbons (Fsp3) is 0.778. The molecule has 5 rings (SSSR count). The summed E-state index contributed by atoms with van der Waals surface area (Å²) in [6.45, 7) is 13.7. The minimum Gasteiger partial charge on any atom is -0.462 e. The summed E-state index contributed by atoms with van der Waals surface area (Å²) in [5.74, 6) is 3.72. The maximum absolute atomic E-state index is 13.7. The van der Waals surface area contributed by atoms with Crippen LogP contribution in [0.2, 0.25) is 0 Å². The van der Waals surface area contributed by atoms with Crippen molar-refractivity contribution in [2.24, 2.45) is 46.3 Å². The number of hydrogen-bond donors (Lipinski definition) is 0. The molecule has 0 unspecified atom stereocenters. The molecule has 41 heavy (non-hydrogen) atoms. The van der Waals surface area contributed by atoms with Gasteiger partial charge >= 0.3 is 11.9 Å². The first-order valence-corrected chi connectivity index (χ1v) is 17.4. The van der Waals surface area contributed by atoms with Crippen molar-refractivity contribution in [2.45, 2.75) is 129 Å². The van der Waals surface area contributed by atoms with Gasteiger partial charge in [-0.25, -0.2) is 4.79 Å². The van der Waals surface area contributed by atoms with E-state index < -0.39 is 5.60 Å². The van der Waals surface area contributed by atoms with Gasteiger partial charge in [-0.15, -0.1) is 0 Å². The van der Waals surface area contributed by atoms with Crippen LogP contribution in [0.25, 0.3) is 0 Å². The summed E-state index contributed by atoms with van der Waals surface area (Å²) in [6, 6.07) is 9.38. The Morgan fingerprint density at radius 2 is 1.71 bits per heavy atom. The van der Waals surface area contributed by atoms with E-state index in [-0.39, 0.29) is 28.3 Å². The number of esters is 2. The molecule has 0 amide bonds. The smallest absolute Gasteiger partial charge is 0.338 e. The van der Waals surface area contributed by atoms with E-state index in [9.17, 15) is 9.59 Å². The van der Waals surface area contributed by atoms with Gasteiger partial charge in [-0.3, -0.25) is 4.79 Å². The van der Waals surface area contributed by atoms with Gasteiger partial charge in [-0.1, -0.05) is 88.0 Å². The van der Waals surface area contributed by atoms with Gasteiger partial charge in [0.25, 0.3) is 0 Å². The number of carbonyl (C=O) groups is 2. The first kappa shape index (κ1) is 31.1. The van der Waals surface area contributed by atoms with E-state index >= 15 is 0 Å². The van der Waals surface area contributed by atoms with Crippen molar-refractivity contribution < 1.29 is 19.1 Å². The van der Waals surface area contributed by atoms with Gasteiger partial charge in [0.05, 0.1) is 10.4 Å². The SMILES string of the molecule is CC(=O)O[C@H]1CC[C@]2(C)[C@H]3CC[C@]4(C)[C@@H]([C@H](C)CCCC(C)C)CC[C@H]4[C@@H]3C[C@@H](Br)[C@@]2(OC(=O)c2ccccc2)C1. The summed E-state index contributed by atoms with van der Waals surface area (Å²) < 4.78 is 12.5. The predicted octanol–water partition coefficient (Wildman–Crippen LogP) is 9.39. The van der Waals surface area contributed by atoms with E-state index in [0.717, 1.165) is 42.9 Å². The van der Waals surface area contributed by atoms with Crippen LogP contribution in [0, 0.1) is 46.3 Å². The molecule has 0 saturated heterocycles. The zero-order valence-electron chi connectivity index (χ0n) is 26.3. The number of alkyl halides is 1. The van der Waals surface area contributed by atoms with Crippen LogP contribution in [0.1, 0.15) is 123 Å². The van der Waals surface area contributed by atoms with E-state index in [1.54, 1.807) is 0 Å². The highest BCUT2D eigenvalue weighted by Crippen LogP contribution is 2.71. The Bertz CT molecular complexity index is 1090. The van der Waals surface area contributed by atoms with E-state index in [1.807, 2.05) is 30.3 Å². The molecular weight excluding hydrogens is 576 g/mol. The lowest BCUT2D eigenvalue weighted by Crippen LogP contribution is -2.69. The molecular formula is C36H53BrO4. The average molecular weight is 630 g/mol. The Kier molecular flexibility index (Phi) is 9.07. The van der Waals surface area contributed by atoms with Gasteiger partial charge in [0.2, 0.25) is 0 Å². The van der Waals surface area contributed by atoms with Gasteiger partial charge < -0.3 is 9.47 Å². The molecule has 0 aromatic heterocycles. The first-order valence-electron chi connectivity index (χ1n) is 16.5. The second kappa shape index (κ2) is 12.0. The van der Waals surface area contributed by atoms with E-state index in [0.29, 0.717) is 29.2 Å². The van der Waals surface area contributed by atoms with Crippen LogP contribution in [0.15, 0.2) is 30.3 Å². The molecule has 5 heteroatoms. The quantitative estimate of drug-likeness (QED) is 0.212. The molecule has 4 aliphatic rings. The summed E-state index contributed by atoms with van der Waals surface area (Å²) in [5.41, 5.74) is 0.0990. The van der Waals surface area contributed by atoms with Crippen molar-refractivity contribution in [2.75, 3.05) is 0 Å². The van der Waals surface area contributed by atoms with Crippen LogP contribution in [0.5, 0.6) is 0 Å². The van der Waals surface area contributed by atoms with E-state index in [2.05, 4.69) is 50.5 Å². The molecule has 0 radical (unpaired) electrons. The normalized spacial score (nSPS) is 40.7. The monoisotopic (exact) mass is 628 g/mol. The molecule has 4 saturated carbocycles. The van der Waals surface area contributed by atoms with Crippen LogP contribution >= 0.6 is 15.9 Å². The fourth-order valence-electron chi connectivity index (χ4n) is 10.5. The minimum absolute atomic E-state index is 0.0251. The fourth-order valence-corrected chi connectivity index (χ4v) is 11.8. The number of rotatable bonds is 8. The number of carbonyl (C=O) groups excluding carboxylic acids is 2. The molecule has 0 aliphatic heterocycles. The predicted molar refractivity (Wildman–Crippen MR) is 168 cm³/mol. The standard InChI is InChI=1S/C36H53BrO4/c1-23(2)11-10-12-24(3)29-15-16-30-28-21-32(37)36(41-33(39)26-13-8-7-9-14-26)22-27(40-25(4)38)17-20-35(36,6)31(28)18-19-34(29,30)5/h7-9,13-14,23-24,27-32H,10-12,15-22H2,1-6H3/t24-,27+,28+,29-,30+,31+,32-,34-,35-,36+/m1/s1. The first-order chi connectivity index (χ1) is 19.4. The number of benzene rings is 1. The van der Waals surface area contributed by atoms with Crippen molar-refractivity contribution in [3.05, 3.63) is 35.9 Å². The van der Waals surface area contributed by atoms with Crippen LogP contribution in [-0.4, -0.2) is 28.5 Å². The summed E-state index contributed by atoms with van der Waals surface area (Å²) >= 11 is 4.17. The van der Waals surface area contributed by atoms with E-state index in [1.165, 1.54) is 51.9 Å². The van der Waals surface area contributed by atoms with Crippen molar-refractivity contribution in [3.8, 4) is 0 Å². The van der Waals surface area contributed by atoms with Crippen LogP contribution < -0.4 is 0 Å². The summed E-state index contributed by atoms with van der Waals surface area (Å²) in [5, 5.41) is 0. The average Bonchev–Trinajstić information content (AvgIpc) is 3.27. The Labute approximate surface area is 257 Å². The summed E-state index contributed by atoms with van der Waals surface area (Å²) in [4.78, 5) is 25.7. The zero-order valence-corrected chi connectivity index (χ0v) is 27.9. The third-order valence-electron chi connectivity index (χ3n) is 12.5. The van der Waals surface area contributed by atoms with Gasteiger partial charge in [0.1, 0.15) is 11.7 Å². The highest BCUT2D eigenvalue weighted by molar-refractivity contribution is 9.09. The summed E-state index contributed by atoms with van der Waals surface area (Å²) in [7, 11) is 0. The van der Waals surface area contributed by atoms with Gasteiger partial charge in [0, 0.05) is 18.8 Å². The molecule has 0 spiro atoms. The van der Waals surface area contributed by atoms with Gasteiger partial charge in [-0.2, -0.15) is 0 Å². The third kappa shape index (κ3) is 5.55. The van der Waals surface area contributed by atoms with Gasteiger partial charge in [-0.05, 0) is 98.0 Å². The largest absolute Gasteiger partial charge is 0.462 e. The molecule has 4 aliphatic carbocycles. The molecule has 1 aromatic rings. The van der Waals surface area contributed by atoms with Crippen LogP contribution in [0.3, 0.4) is 0 Å². The molecule has 4 fully saturated rings. The van der Waals surface area contributed by atoms with Crippen LogP contribution in [0.4, 0.5) is 0 Å². The lowest BCUT2D eigenvalue weighted by atomic mass is 9.42. The number of halogens is 1. The third-order valence-corrected chi connectivity index (χ3v) is 13.7. The van der Waals surface area contributed by atoms with Gasteiger partial charge in [0.15, 0.2) is 0 Å². The molecule has 1 aromatic carbocycles. The lowest BCUT2D eigenvalue weighted by molar-refractivity contribution is -0.219. The summed E-state index contributed by atoms with van der Waals surface area (Å²) in [6.07, 6.45) is 12.3. The molecule has 228 valence electrons. The molecule has 4 nitrogen and oxygen atoms in total. The van der Waals surface area contributed by atoms with Crippen molar-refractivity contribution in [1.82, 2.24) is 0 Å². The Morgan fingerprint density at radius 1 is 0.976 bits per heavy atom. The van der Waals surface area contributed by atoms with Crippen molar-refractivity contribution in [1.29, 1.82) is 0 Å². The number of fused-ring (bicyclic) bond motifs is 5. The van der Waals surface area contributed by atoms with Crippen LogP contribution in [-0.2, 0) is 14.3 Å². The molecule has 0 N–H and O–H groups in total. The van der Waals surface area contributed by atoms with Crippen molar-refractivity contribution in [3.63, 3.8) is 0 Å². The Balaban J connectivity index is 1.43. The second-order valence-corrected chi connectivity index (χ2v) is 16.3. The zero-order chi connectivity index (χ0) is 29.6. The maximum Gasteiger partial charge on any atom is 0.338 e. The second-order valence-electron chi connectivity index (χ2n) is 15.1. The molecule has 10 atom stereocenters. The number of ether oxygens (including phenoxy) is 2. The number of hydrogen-bond acceptors (Lipinski definition) is 4. The topological polar surface area (TPSA) is 52.6 Å². The molecule has 0 bridgehead atoms. The van der Waals surface area contributed by atoms with E-state index in [4.69, 9.17) is 9.47 Å². The Morgan fingerprint density at radius 3 is 2.39 bits per heavy atom. The Hall–Kier alpha value is -1.36. The van der Waals surface area contributed by atoms with Crippen molar-refractivity contribution >= 4 is 27.9 Å². The highest BCUT2D eigenvalue weighted by Gasteiger charge is 2.69. The minimum atomic E-state index is -0.713. The molecule has 0 heterocycles. The maximum atomic E-state index is 13.7. The highest BCUT2D eigenvalue weighted by atomic mass is 79.9. The lowest BCUT2D eigenvalue weighted by Gasteiger charge is -2.66.